The van der Waals surface area contributed by atoms with Gasteiger partial charge in [0.1, 0.15) is 4.21 Å². The molecular formula is C11H16ClN3O4S2. The minimum atomic E-state index is -3.74. The van der Waals surface area contributed by atoms with Crippen molar-refractivity contribution in [3.05, 3.63) is 20.5 Å². The van der Waals surface area contributed by atoms with E-state index in [1.165, 1.54) is 6.42 Å². The molecule has 1 aliphatic rings. The Morgan fingerprint density at radius 2 is 2.05 bits per heavy atom. The van der Waals surface area contributed by atoms with E-state index in [4.69, 9.17) is 11.6 Å². The summed E-state index contributed by atoms with van der Waals surface area (Å²) in [5, 5.41) is 10.7. The Morgan fingerprint density at radius 3 is 2.62 bits per heavy atom. The topological polar surface area (TPSA) is 92.5 Å². The zero-order valence-corrected chi connectivity index (χ0v) is 13.6. The number of nitro groups is 1. The second-order valence-corrected chi connectivity index (χ2v) is 8.43. The van der Waals surface area contributed by atoms with Gasteiger partial charge in [-0.15, -0.1) is 11.3 Å². The van der Waals surface area contributed by atoms with E-state index >= 15 is 0 Å². The number of nitrogens with zero attached hydrogens (tertiary/aromatic N) is 2. The van der Waals surface area contributed by atoms with Crippen LogP contribution in [0.1, 0.15) is 19.3 Å². The van der Waals surface area contributed by atoms with Crippen molar-refractivity contribution in [3.63, 3.8) is 0 Å². The summed E-state index contributed by atoms with van der Waals surface area (Å²) in [6.07, 6.45) is 3.50. The molecule has 0 radical (unpaired) electrons. The third-order valence-electron chi connectivity index (χ3n) is 3.28. The largest absolute Gasteiger partial charge is 0.302 e. The zero-order valence-electron chi connectivity index (χ0n) is 11.2. The minimum Gasteiger partial charge on any atom is -0.302 e. The van der Waals surface area contributed by atoms with Crippen molar-refractivity contribution >= 4 is 38.6 Å². The molecule has 1 fully saturated rings. The first-order chi connectivity index (χ1) is 9.90. The van der Waals surface area contributed by atoms with Crippen LogP contribution in [0.15, 0.2) is 10.3 Å². The van der Waals surface area contributed by atoms with Gasteiger partial charge in [-0.3, -0.25) is 10.1 Å². The third kappa shape index (κ3) is 4.36. The second kappa shape index (κ2) is 7.01. The number of likely N-dealkylation sites (tertiary alicyclic amines) is 1. The number of rotatable bonds is 6. The molecule has 0 aromatic carbocycles. The number of nitrogens with one attached hydrogen (secondary N) is 1. The molecule has 0 atom stereocenters. The maximum absolute atomic E-state index is 12.1. The second-order valence-electron chi connectivity index (χ2n) is 4.78. The Balaban J connectivity index is 1.95. The fourth-order valence-electron chi connectivity index (χ4n) is 2.19. The number of thiophene rings is 1. The van der Waals surface area contributed by atoms with Crippen molar-refractivity contribution in [3.8, 4) is 0 Å². The molecule has 118 valence electrons. The van der Waals surface area contributed by atoms with E-state index in [1.54, 1.807) is 0 Å². The summed E-state index contributed by atoms with van der Waals surface area (Å²) in [5.41, 5.74) is -0.377. The zero-order chi connectivity index (χ0) is 15.5. The molecule has 1 N–H and O–H groups in total. The summed E-state index contributed by atoms with van der Waals surface area (Å²) in [6.45, 7) is 2.89. The average Bonchev–Trinajstić information content (AvgIpc) is 2.83. The average molecular weight is 354 g/mol. The highest BCUT2D eigenvalue weighted by Gasteiger charge is 2.25. The van der Waals surface area contributed by atoms with Crippen LogP contribution in [0.5, 0.6) is 0 Å². The Hall–Kier alpha value is -0.740. The molecular weight excluding hydrogens is 338 g/mol. The predicted octanol–water partition coefficient (Wildman–Crippen LogP) is 2.07. The lowest BCUT2D eigenvalue weighted by Crippen LogP contribution is -2.37. The van der Waals surface area contributed by atoms with Gasteiger partial charge >= 0.3 is 0 Å². The highest BCUT2D eigenvalue weighted by atomic mass is 35.5. The molecule has 1 aromatic rings. The van der Waals surface area contributed by atoms with E-state index in [0.717, 1.165) is 32.0 Å². The Morgan fingerprint density at radius 1 is 1.38 bits per heavy atom. The normalized spacial score (nSPS) is 17.0. The first-order valence-corrected chi connectivity index (χ1v) is 9.23. The maximum atomic E-state index is 12.1. The van der Waals surface area contributed by atoms with E-state index in [0.29, 0.717) is 17.9 Å². The molecule has 2 rings (SSSR count). The van der Waals surface area contributed by atoms with Crippen molar-refractivity contribution in [1.82, 2.24) is 9.62 Å². The van der Waals surface area contributed by atoms with E-state index in [-0.39, 0.29) is 20.8 Å². The molecule has 0 saturated carbocycles. The highest BCUT2D eigenvalue weighted by Crippen LogP contribution is 2.35. The summed E-state index contributed by atoms with van der Waals surface area (Å²) in [4.78, 5) is 12.2. The van der Waals surface area contributed by atoms with Gasteiger partial charge in [0.15, 0.2) is 4.34 Å². The van der Waals surface area contributed by atoms with Gasteiger partial charge in [-0.25, -0.2) is 13.1 Å². The van der Waals surface area contributed by atoms with Gasteiger partial charge in [0, 0.05) is 19.2 Å². The van der Waals surface area contributed by atoms with Gasteiger partial charge in [-0.1, -0.05) is 18.0 Å². The molecule has 7 nitrogen and oxygen atoms in total. The Labute approximate surface area is 132 Å². The van der Waals surface area contributed by atoms with Crippen LogP contribution in [0.3, 0.4) is 0 Å². The van der Waals surface area contributed by atoms with Crippen LogP contribution in [-0.2, 0) is 10.0 Å². The van der Waals surface area contributed by atoms with Crippen LogP contribution in [-0.4, -0.2) is 44.4 Å². The molecule has 2 heterocycles. The SMILES string of the molecule is O=[N+]([O-])c1cc(S(=O)(=O)NCCN2CCCCC2)sc1Cl. The molecule has 0 aliphatic carbocycles. The van der Waals surface area contributed by atoms with Gasteiger partial charge in [0.05, 0.1) is 4.92 Å². The smallest absolute Gasteiger partial charge is 0.300 e. The van der Waals surface area contributed by atoms with Crippen LogP contribution in [0.2, 0.25) is 4.34 Å². The minimum absolute atomic E-state index is 0.127. The molecule has 0 unspecified atom stereocenters. The summed E-state index contributed by atoms with van der Waals surface area (Å²) in [7, 11) is -3.74. The number of halogens is 1. The van der Waals surface area contributed by atoms with Gasteiger partial charge < -0.3 is 4.90 Å². The quantitative estimate of drug-likeness (QED) is 0.624. The van der Waals surface area contributed by atoms with Crippen LogP contribution in [0.25, 0.3) is 0 Å². The summed E-state index contributed by atoms with van der Waals surface area (Å²) >= 11 is 6.37. The van der Waals surface area contributed by atoms with Crippen molar-refractivity contribution in [2.24, 2.45) is 0 Å². The Bertz CT molecular complexity index is 611. The molecule has 0 amide bonds. The van der Waals surface area contributed by atoms with E-state index < -0.39 is 14.9 Å². The van der Waals surface area contributed by atoms with Crippen LogP contribution in [0.4, 0.5) is 5.69 Å². The van der Waals surface area contributed by atoms with Crippen molar-refractivity contribution in [2.45, 2.75) is 23.5 Å². The van der Waals surface area contributed by atoms with Crippen LogP contribution in [0, 0.1) is 10.1 Å². The van der Waals surface area contributed by atoms with Gasteiger partial charge in [0.2, 0.25) is 10.0 Å². The summed E-state index contributed by atoms with van der Waals surface area (Å²) in [5.74, 6) is 0. The number of piperidine rings is 1. The van der Waals surface area contributed by atoms with E-state index in [2.05, 4.69) is 9.62 Å². The molecule has 10 heteroatoms. The van der Waals surface area contributed by atoms with E-state index in [1.807, 2.05) is 0 Å². The van der Waals surface area contributed by atoms with Crippen molar-refractivity contribution < 1.29 is 13.3 Å². The lowest BCUT2D eigenvalue weighted by molar-refractivity contribution is -0.384. The molecule has 0 bridgehead atoms. The standard InChI is InChI=1S/C11H16ClN3O4S2/c12-11-9(15(16)17)8-10(20-11)21(18,19)13-4-7-14-5-2-1-3-6-14/h8,13H,1-7H2. The first kappa shape index (κ1) is 16.6. The van der Waals surface area contributed by atoms with Gasteiger partial charge in [-0.2, -0.15) is 0 Å². The number of hydrogen-bond donors (Lipinski definition) is 1. The number of hydrogen-bond acceptors (Lipinski definition) is 6. The van der Waals surface area contributed by atoms with Crippen molar-refractivity contribution in [2.75, 3.05) is 26.2 Å². The summed E-state index contributed by atoms with van der Waals surface area (Å²) in [6, 6.07) is 0.996. The lowest BCUT2D eigenvalue weighted by Gasteiger charge is -2.26. The summed E-state index contributed by atoms with van der Waals surface area (Å²) < 4.78 is 26.3. The first-order valence-electron chi connectivity index (χ1n) is 6.56. The van der Waals surface area contributed by atoms with E-state index in [9.17, 15) is 18.5 Å². The highest BCUT2D eigenvalue weighted by molar-refractivity contribution is 7.91. The predicted molar refractivity (Wildman–Crippen MR) is 81.5 cm³/mol. The van der Waals surface area contributed by atoms with Crippen LogP contribution >= 0.6 is 22.9 Å². The lowest BCUT2D eigenvalue weighted by atomic mass is 10.1. The molecule has 0 spiro atoms. The third-order valence-corrected chi connectivity index (χ3v) is 6.55. The maximum Gasteiger partial charge on any atom is 0.300 e. The van der Waals surface area contributed by atoms with Gasteiger partial charge in [-0.05, 0) is 25.9 Å². The Kier molecular flexibility index (Phi) is 5.55. The fraction of sp³-hybridized carbons (Fsp3) is 0.636. The van der Waals surface area contributed by atoms with Gasteiger partial charge in [0.25, 0.3) is 5.69 Å². The van der Waals surface area contributed by atoms with Crippen LogP contribution < -0.4 is 4.72 Å². The molecule has 1 saturated heterocycles. The number of sulfonamides is 1. The fourth-order valence-corrected chi connectivity index (χ4v) is 4.92. The molecule has 21 heavy (non-hydrogen) atoms. The monoisotopic (exact) mass is 353 g/mol. The molecule has 1 aromatic heterocycles. The van der Waals surface area contributed by atoms with Crippen molar-refractivity contribution in [1.29, 1.82) is 0 Å². The molecule has 1 aliphatic heterocycles.